The third-order valence-electron chi connectivity index (χ3n) is 3.99. The van der Waals surface area contributed by atoms with Crippen LogP contribution in [0.15, 0.2) is 24.3 Å². The maximum atomic E-state index is 11.5. The van der Waals surface area contributed by atoms with Gasteiger partial charge in [-0.3, -0.25) is 4.79 Å². The molecule has 66 valence electrons. The SMILES string of the molecule is O=C1O[C@@H]2[C@H]3C=C[C@@H]4[C@@H](C=C[C@@H]13)[C@H]42. The highest BCUT2D eigenvalue weighted by atomic mass is 16.6. The molecule has 0 aromatic carbocycles. The van der Waals surface area contributed by atoms with Crippen LogP contribution in [0.2, 0.25) is 0 Å². The summed E-state index contributed by atoms with van der Waals surface area (Å²) in [6.07, 6.45) is 8.99. The summed E-state index contributed by atoms with van der Waals surface area (Å²) in [5.74, 6) is 2.31. The Labute approximate surface area is 76.3 Å². The maximum absolute atomic E-state index is 11.5. The van der Waals surface area contributed by atoms with Gasteiger partial charge in [-0.05, 0) is 11.8 Å². The Morgan fingerprint density at radius 3 is 2.54 bits per heavy atom. The Hall–Kier alpha value is -1.05. The molecule has 1 saturated heterocycles. The van der Waals surface area contributed by atoms with Crippen molar-refractivity contribution < 1.29 is 9.53 Å². The number of fused-ring (bicyclic) bond motifs is 1. The van der Waals surface area contributed by atoms with Crippen LogP contribution in [-0.2, 0) is 9.53 Å². The first-order chi connectivity index (χ1) is 6.36. The largest absolute Gasteiger partial charge is 0.461 e. The van der Waals surface area contributed by atoms with Gasteiger partial charge in [0.1, 0.15) is 6.10 Å². The second-order valence-electron chi connectivity index (χ2n) is 4.51. The van der Waals surface area contributed by atoms with E-state index in [-0.39, 0.29) is 18.0 Å². The summed E-state index contributed by atoms with van der Waals surface area (Å²) in [7, 11) is 0. The van der Waals surface area contributed by atoms with Crippen molar-refractivity contribution in [3.8, 4) is 0 Å². The highest BCUT2D eigenvalue weighted by molar-refractivity contribution is 5.78. The van der Waals surface area contributed by atoms with Crippen LogP contribution >= 0.6 is 0 Å². The van der Waals surface area contributed by atoms with Gasteiger partial charge in [-0.25, -0.2) is 0 Å². The fraction of sp³-hybridized carbons (Fsp3) is 0.545. The molecular weight excluding hydrogens is 164 g/mol. The number of rotatable bonds is 0. The molecule has 2 heteroatoms. The lowest BCUT2D eigenvalue weighted by Crippen LogP contribution is -2.22. The van der Waals surface area contributed by atoms with Crippen LogP contribution in [-0.4, -0.2) is 12.1 Å². The van der Waals surface area contributed by atoms with E-state index in [4.69, 9.17) is 4.74 Å². The average Bonchev–Trinajstić information content (AvgIpc) is 2.68. The van der Waals surface area contributed by atoms with E-state index in [0.29, 0.717) is 23.7 Å². The van der Waals surface area contributed by atoms with E-state index in [0.717, 1.165) is 0 Å². The molecular formula is C11H10O2. The molecule has 0 radical (unpaired) electrons. The molecule has 3 aliphatic carbocycles. The smallest absolute Gasteiger partial charge is 0.313 e. The van der Waals surface area contributed by atoms with E-state index >= 15 is 0 Å². The predicted octanol–water partition coefficient (Wildman–Crippen LogP) is 1.15. The molecule has 1 heterocycles. The molecule has 0 unspecified atom stereocenters. The molecule has 6 atom stereocenters. The molecule has 4 bridgehead atoms. The minimum absolute atomic E-state index is 0.0121. The molecule has 13 heavy (non-hydrogen) atoms. The third kappa shape index (κ3) is 0.578. The van der Waals surface area contributed by atoms with Crippen LogP contribution in [0.25, 0.3) is 0 Å². The van der Waals surface area contributed by atoms with Gasteiger partial charge in [0.25, 0.3) is 0 Å². The van der Waals surface area contributed by atoms with E-state index in [2.05, 4.69) is 24.3 Å². The second kappa shape index (κ2) is 1.74. The van der Waals surface area contributed by atoms with Crippen LogP contribution in [0.4, 0.5) is 0 Å². The summed E-state index contributed by atoms with van der Waals surface area (Å²) in [5, 5.41) is 0. The number of carbonyl (C=O) groups excluding carboxylic acids is 1. The first-order valence-corrected chi connectivity index (χ1v) is 4.93. The topological polar surface area (TPSA) is 26.3 Å². The number of ether oxygens (including phenoxy) is 1. The number of carbonyl (C=O) groups is 1. The van der Waals surface area contributed by atoms with E-state index in [1.165, 1.54) is 0 Å². The zero-order valence-corrected chi connectivity index (χ0v) is 7.09. The van der Waals surface area contributed by atoms with Crippen molar-refractivity contribution in [1.82, 2.24) is 0 Å². The van der Waals surface area contributed by atoms with Crippen LogP contribution in [0.5, 0.6) is 0 Å². The van der Waals surface area contributed by atoms with E-state index in [1.54, 1.807) is 0 Å². The van der Waals surface area contributed by atoms with E-state index in [1.807, 2.05) is 0 Å². The monoisotopic (exact) mass is 174 g/mol. The van der Waals surface area contributed by atoms with Crippen LogP contribution in [0, 0.1) is 29.6 Å². The lowest BCUT2D eigenvalue weighted by Gasteiger charge is -2.18. The lowest BCUT2D eigenvalue weighted by atomic mass is 9.85. The van der Waals surface area contributed by atoms with E-state index < -0.39 is 0 Å². The molecule has 2 fully saturated rings. The Kier molecular flexibility index (Phi) is 0.859. The molecule has 0 aromatic heterocycles. The van der Waals surface area contributed by atoms with Gasteiger partial charge >= 0.3 is 5.97 Å². The van der Waals surface area contributed by atoms with Gasteiger partial charge < -0.3 is 4.74 Å². The summed E-state index contributed by atoms with van der Waals surface area (Å²) in [6, 6.07) is 0. The quantitative estimate of drug-likeness (QED) is 0.406. The first-order valence-electron chi connectivity index (χ1n) is 4.93. The van der Waals surface area contributed by atoms with Crippen molar-refractivity contribution in [2.45, 2.75) is 6.10 Å². The standard InChI is InChI=1S/C11H10O2/c12-11-8-4-2-6-5-1-3-7(8)10(13-11)9(5)6/h1-10H/t5-,6-,7+,8-,9+,10-/m1/s1. The molecule has 0 aromatic rings. The number of allylic oxidation sites excluding steroid dienone is 2. The zero-order chi connectivity index (χ0) is 8.58. The normalized spacial score (nSPS) is 58.9. The van der Waals surface area contributed by atoms with Gasteiger partial charge in [-0.1, -0.05) is 24.3 Å². The van der Waals surface area contributed by atoms with Gasteiger partial charge in [0.05, 0.1) is 5.92 Å². The highest BCUT2D eigenvalue weighted by Gasteiger charge is 2.62. The summed E-state index contributed by atoms with van der Waals surface area (Å²) in [6.45, 7) is 0. The average molecular weight is 174 g/mol. The maximum Gasteiger partial charge on any atom is 0.313 e. The fourth-order valence-electron chi connectivity index (χ4n) is 3.26. The number of hydrogen-bond donors (Lipinski definition) is 0. The fourth-order valence-corrected chi connectivity index (χ4v) is 3.26. The van der Waals surface area contributed by atoms with Gasteiger partial charge in [-0.15, -0.1) is 0 Å². The lowest BCUT2D eigenvalue weighted by molar-refractivity contribution is -0.144. The Bertz CT molecular complexity index is 355. The number of hydrogen-bond acceptors (Lipinski definition) is 2. The van der Waals surface area contributed by atoms with Crippen molar-refractivity contribution in [3.05, 3.63) is 24.3 Å². The van der Waals surface area contributed by atoms with Crippen LogP contribution in [0.1, 0.15) is 0 Å². The molecule has 0 amide bonds. The van der Waals surface area contributed by atoms with Crippen molar-refractivity contribution in [2.24, 2.45) is 29.6 Å². The highest BCUT2D eigenvalue weighted by Crippen LogP contribution is 2.60. The molecule has 0 spiro atoms. The first kappa shape index (κ1) is 6.41. The van der Waals surface area contributed by atoms with Crippen molar-refractivity contribution in [3.63, 3.8) is 0 Å². The summed E-state index contributed by atoms with van der Waals surface area (Å²) < 4.78 is 5.41. The minimum Gasteiger partial charge on any atom is -0.461 e. The summed E-state index contributed by atoms with van der Waals surface area (Å²) in [4.78, 5) is 11.5. The Morgan fingerprint density at radius 2 is 1.69 bits per heavy atom. The van der Waals surface area contributed by atoms with Gasteiger partial charge in [0.2, 0.25) is 0 Å². The molecule has 1 saturated carbocycles. The Morgan fingerprint density at radius 1 is 1.00 bits per heavy atom. The molecule has 1 aliphatic heterocycles. The summed E-state index contributed by atoms with van der Waals surface area (Å²) in [5.41, 5.74) is 0. The molecule has 2 nitrogen and oxygen atoms in total. The van der Waals surface area contributed by atoms with Crippen molar-refractivity contribution in [2.75, 3.05) is 0 Å². The van der Waals surface area contributed by atoms with Crippen molar-refractivity contribution >= 4 is 5.97 Å². The molecule has 4 rings (SSSR count). The van der Waals surface area contributed by atoms with Crippen LogP contribution in [0.3, 0.4) is 0 Å². The zero-order valence-electron chi connectivity index (χ0n) is 7.09. The predicted molar refractivity (Wildman–Crippen MR) is 45.6 cm³/mol. The molecule has 0 N–H and O–H groups in total. The second-order valence-corrected chi connectivity index (χ2v) is 4.51. The number of esters is 1. The van der Waals surface area contributed by atoms with Crippen molar-refractivity contribution in [1.29, 1.82) is 0 Å². The van der Waals surface area contributed by atoms with Gasteiger partial charge in [0.15, 0.2) is 0 Å². The van der Waals surface area contributed by atoms with Gasteiger partial charge in [-0.2, -0.15) is 0 Å². The van der Waals surface area contributed by atoms with E-state index in [9.17, 15) is 4.79 Å². The third-order valence-corrected chi connectivity index (χ3v) is 3.99. The van der Waals surface area contributed by atoms with Gasteiger partial charge in [0, 0.05) is 11.8 Å². The van der Waals surface area contributed by atoms with Crippen LogP contribution < -0.4 is 0 Å². The molecule has 4 aliphatic rings. The Balaban J connectivity index is 1.93. The summed E-state index contributed by atoms with van der Waals surface area (Å²) >= 11 is 0. The minimum atomic E-state index is -0.0121.